The molecule has 3 nitrogen and oxygen atoms in total. The van der Waals surface area contributed by atoms with E-state index in [1.165, 1.54) is 0 Å². The average molecular weight is 296 g/mol. The maximum absolute atomic E-state index is 12.2. The molecule has 0 unspecified atom stereocenters. The van der Waals surface area contributed by atoms with E-state index in [1.807, 2.05) is 19.1 Å². The molecule has 0 aliphatic carbocycles. The van der Waals surface area contributed by atoms with Crippen LogP contribution in [0.1, 0.15) is 24.9 Å². The Hall–Kier alpha value is -1.46. The summed E-state index contributed by atoms with van der Waals surface area (Å²) >= 11 is 0. The lowest BCUT2D eigenvalue weighted by Crippen LogP contribution is -2.45. The zero-order valence-electron chi connectivity index (χ0n) is 12.3. The predicted octanol–water partition coefficient (Wildman–Crippen LogP) is 3.20. The van der Waals surface area contributed by atoms with Gasteiger partial charge in [-0.15, -0.1) is 6.58 Å². The molecule has 1 aliphatic rings. The fraction of sp³-hybridized carbons (Fsp3) is 0.500. The van der Waals surface area contributed by atoms with Crippen LogP contribution in [-0.4, -0.2) is 37.7 Å². The van der Waals surface area contributed by atoms with E-state index in [4.69, 9.17) is 0 Å². The maximum Gasteiger partial charge on any atom is 0.387 e. The zero-order valence-corrected chi connectivity index (χ0v) is 12.3. The van der Waals surface area contributed by atoms with Gasteiger partial charge in [-0.1, -0.05) is 17.7 Å². The molecule has 0 aromatic heterocycles. The molecule has 1 N–H and O–H groups in total. The van der Waals surface area contributed by atoms with Gasteiger partial charge in [-0.05, 0) is 31.0 Å². The summed E-state index contributed by atoms with van der Waals surface area (Å²) in [6, 6.07) is 7.19. The lowest BCUT2D eigenvalue weighted by atomic mass is 9.98. The minimum absolute atomic E-state index is 0.197. The van der Waals surface area contributed by atoms with Crippen molar-refractivity contribution in [2.75, 3.05) is 26.2 Å². The van der Waals surface area contributed by atoms with E-state index in [9.17, 15) is 8.78 Å². The van der Waals surface area contributed by atoms with Crippen LogP contribution in [0.3, 0.4) is 0 Å². The molecule has 1 aromatic carbocycles. The van der Waals surface area contributed by atoms with E-state index < -0.39 is 6.61 Å². The van der Waals surface area contributed by atoms with Gasteiger partial charge in [0.05, 0.1) is 0 Å². The number of alkyl halides is 2. The number of halogens is 2. The summed E-state index contributed by atoms with van der Waals surface area (Å²) in [5.41, 5.74) is 2.23. The zero-order chi connectivity index (χ0) is 15.2. The Kier molecular flexibility index (Phi) is 5.70. The van der Waals surface area contributed by atoms with E-state index in [-0.39, 0.29) is 11.8 Å². The molecule has 1 saturated heterocycles. The van der Waals surface area contributed by atoms with Crippen LogP contribution in [0.4, 0.5) is 8.78 Å². The quantitative estimate of drug-likeness (QED) is 0.816. The molecule has 116 valence electrons. The highest BCUT2D eigenvalue weighted by molar-refractivity contribution is 5.30. The first-order valence-electron chi connectivity index (χ1n) is 7.20. The monoisotopic (exact) mass is 296 g/mol. The van der Waals surface area contributed by atoms with Crippen LogP contribution >= 0.6 is 0 Å². The molecule has 0 radical (unpaired) electrons. The molecule has 21 heavy (non-hydrogen) atoms. The lowest BCUT2D eigenvalue weighted by molar-refractivity contribution is -0.0498. The van der Waals surface area contributed by atoms with Crippen molar-refractivity contribution >= 4 is 0 Å². The van der Waals surface area contributed by atoms with Gasteiger partial charge in [-0.2, -0.15) is 8.78 Å². The maximum atomic E-state index is 12.2. The van der Waals surface area contributed by atoms with Crippen molar-refractivity contribution in [3.8, 4) is 5.75 Å². The smallest absolute Gasteiger partial charge is 0.387 e. The largest absolute Gasteiger partial charge is 0.435 e. The standard InChI is InChI=1S/C16H22F2N2O/c1-12(2)11-15(20-9-7-19-8-10-20)13-3-5-14(6-4-13)21-16(17)18/h3-6,15-16,19H,1,7-11H2,2H3/t15-/m1/s1. The topological polar surface area (TPSA) is 24.5 Å². The second-order valence-electron chi connectivity index (χ2n) is 5.41. The number of nitrogens with zero attached hydrogens (tertiary/aromatic N) is 1. The summed E-state index contributed by atoms with van der Waals surface area (Å²) in [6.45, 7) is 7.14. The third kappa shape index (κ3) is 4.79. The van der Waals surface area contributed by atoms with E-state index in [0.717, 1.165) is 43.7 Å². The predicted molar refractivity (Wildman–Crippen MR) is 79.7 cm³/mol. The number of hydrogen-bond donors (Lipinski definition) is 1. The van der Waals surface area contributed by atoms with Crippen molar-refractivity contribution in [1.82, 2.24) is 10.2 Å². The third-order valence-electron chi connectivity index (χ3n) is 3.62. The number of benzene rings is 1. The van der Waals surface area contributed by atoms with E-state index in [1.54, 1.807) is 12.1 Å². The molecule has 1 aromatic rings. The Labute approximate surface area is 124 Å². The Morgan fingerprint density at radius 3 is 2.43 bits per heavy atom. The molecule has 1 heterocycles. The second-order valence-corrected chi connectivity index (χ2v) is 5.41. The van der Waals surface area contributed by atoms with Gasteiger partial charge in [0, 0.05) is 32.2 Å². The van der Waals surface area contributed by atoms with Gasteiger partial charge in [-0.3, -0.25) is 4.90 Å². The van der Waals surface area contributed by atoms with Crippen molar-refractivity contribution < 1.29 is 13.5 Å². The van der Waals surface area contributed by atoms with Crippen molar-refractivity contribution in [2.24, 2.45) is 0 Å². The fourth-order valence-electron chi connectivity index (χ4n) is 2.65. The summed E-state index contributed by atoms with van der Waals surface area (Å²) in [5, 5.41) is 3.34. The SMILES string of the molecule is C=C(C)C[C@H](c1ccc(OC(F)F)cc1)N1CCNCC1. The molecule has 1 fully saturated rings. The van der Waals surface area contributed by atoms with Gasteiger partial charge in [0.2, 0.25) is 0 Å². The van der Waals surface area contributed by atoms with Crippen LogP contribution < -0.4 is 10.1 Å². The molecular formula is C16H22F2N2O. The van der Waals surface area contributed by atoms with Crippen molar-refractivity contribution in [1.29, 1.82) is 0 Å². The Morgan fingerprint density at radius 1 is 1.29 bits per heavy atom. The summed E-state index contributed by atoms with van der Waals surface area (Å²) < 4.78 is 28.8. The van der Waals surface area contributed by atoms with Crippen LogP contribution in [0.15, 0.2) is 36.4 Å². The summed E-state index contributed by atoms with van der Waals surface area (Å²) in [5.74, 6) is 0.197. The number of piperazine rings is 1. The molecular weight excluding hydrogens is 274 g/mol. The highest BCUT2D eigenvalue weighted by Gasteiger charge is 2.22. The highest BCUT2D eigenvalue weighted by Crippen LogP contribution is 2.29. The summed E-state index contributed by atoms with van der Waals surface area (Å²) in [4.78, 5) is 2.41. The molecule has 2 rings (SSSR count). The van der Waals surface area contributed by atoms with Gasteiger partial charge < -0.3 is 10.1 Å². The van der Waals surface area contributed by atoms with Crippen LogP contribution in [0, 0.1) is 0 Å². The number of ether oxygens (including phenoxy) is 1. The van der Waals surface area contributed by atoms with Gasteiger partial charge in [0.1, 0.15) is 5.75 Å². The van der Waals surface area contributed by atoms with Gasteiger partial charge in [-0.25, -0.2) is 0 Å². The molecule has 5 heteroatoms. The van der Waals surface area contributed by atoms with Crippen LogP contribution in [0.5, 0.6) is 5.75 Å². The van der Waals surface area contributed by atoms with Gasteiger partial charge >= 0.3 is 6.61 Å². The summed E-state index contributed by atoms with van der Waals surface area (Å²) in [6.07, 6.45) is 0.870. The van der Waals surface area contributed by atoms with Crippen LogP contribution in [0.25, 0.3) is 0 Å². The fourth-order valence-corrected chi connectivity index (χ4v) is 2.65. The number of rotatable bonds is 6. The third-order valence-corrected chi connectivity index (χ3v) is 3.62. The minimum Gasteiger partial charge on any atom is -0.435 e. The lowest BCUT2D eigenvalue weighted by Gasteiger charge is -2.35. The van der Waals surface area contributed by atoms with Gasteiger partial charge in [0.25, 0.3) is 0 Å². The minimum atomic E-state index is -2.78. The first-order chi connectivity index (χ1) is 10.1. The molecule has 0 amide bonds. The van der Waals surface area contributed by atoms with E-state index >= 15 is 0 Å². The number of hydrogen-bond acceptors (Lipinski definition) is 3. The Bertz CT molecular complexity index is 456. The van der Waals surface area contributed by atoms with Crippen LogP contribution in [0.2, 0.25) is 0 Å². The number of nitrogens with one attached hydrogen (secondary N) is 1. The molecule has 0 bridgehead atoms. The van der Waals surface area contributed by atoms with Crippen molar-refractivity contribution in [3.63, 3.8) is 0 Å². The molecule has 0 spiro atoms. The highest BCUT2D eigenvalue weighted by atomic mass is 19.3. The normalized spacial score (nSPS) is 17.7. The first-order valence-corrected chi connectivity index (χ1v) is 7.20. The molecule has 1 atom stereocenters. The van der Waals surface area contributed by atoms with Crippen LogP contribution in [-0.2, 0) is 0 Å². The molecule has 1 aliphatic heterocycles. The Morgan fingerprint density at radius 2 is 1.90 bits per heavy atom. The Balaban J connectivity index is 2.13. The summed E-state index contributed by atoms with van der Waals surface area (Å²) in [7, 11) is 0. The molecule has 0 saturated carbocycles. The second kappa shape index (κ2) is 7.52. The van der Waals surface area contributed by atoms with Crippen molar-refractivity contribution in [2.45, 2.75) is 26.0 Å². The van der Waals surface area contributed by atoms with Gasteiger partial charge in [0.15, 0.2) is 0 Å². The van der Waals surface area contributed by atoms with E-state index in [2.05, 4.69) is 21.5 Å². The van der Waals surface area contributed by atoms with E-state index in [0.29, 0.717) is 0 Å². The average Bonchev–Trinajstić information content (AvgIpc) is 2.46. The van der Waals surface area contributed by atoms with Crippen molar-refractivity contribution in [3.05, 3.63) is 42.0 Å². The first kappa shape index (κ1) is 15.9.